The number of amides is 1. The molecule has 5 nitrogen and oxygen atoms in total. The van der Waals surface area contributed by atoms with Crippen LogP contribution in [0, 0.1) is 0 Å². The van der Waals surface area contributed by atoms with Crippen LogP contribution < -0.4 is 5.32 Å². The number of carbonyl (C=O) groups excluding carboxylic acids is 1. The zero-order valence-corrected chi connectivity index (χ0v) is 14.2. The largest absolute Gasteiger partial charge is 0.434 e. The van der Waals surface area contributed by atoms with Crippen LogP contribution in [0.1, 0.15) is 29.4 Å². The quantitative estimate of drug-likeness (QED) is 0.751. The molecule has 0 atom stereocenters. The smallest absolute Gasteiger partial charge is 0.382 e. The van der Waals surface area contributed by atoms with Crippen LogP contribution in [0.25, 0.3) is 5.69 Å². The van der Waals surface area contributed by atoms with Crippen LogP contribution >= 0.6 is 11.6 Å². The van der Waals surface area contributed by atoms with Crippen molar-refractivity contribution in [2.45, 2.75) is 19.5 Å². The molecule has 136 valence electrons. The van der Waals surface area contributed by atoms with Gasteiger partial charge in [0, 0.05) is 24.8 Å². The highest BCUT2D eigenvalue weighted by molar-refractivity contribution is 6.30. The Morgan fingerprint density at radius 1 is 1.40 bits per heavy atom. The van der Waals surface area contributed by atoms with Crippen LogP contribution in [0.5, 0.6) is 0 Å². The summed E-state index contributed by atoms with van der Waals surface area (Å²) in [7, 11) is 0. The Bertz CT molecular complexity index is 732. The molecule has 25 heavy (non-hydrogen) atoms. The number of ether oxygens (including phenoxy) is 1. The minimum atomic E-state index is -4.75. The summed E-state index contributed by atoms with van der Waals surface area (Å²) in [5.41, 5.74) is -1.56. The van der Waals surface area contributed by atoms with Gasteiger partial charge in [-0.25, -0.2) is 4.68 Å². The average molecular weight is 376 g/mol. The van der Waals surface area contributed by atoms with Gasteiger partial charge >= 0.3 is 6.18 Å². The maximum absolute atomic E-state index is 13.5. The number of hydrogen-bond donors (Lipinski definition) is 1. The number of aromatic nitrogens is 2. The third-order valence-electron chi connectivity index (χ3n) is 3.29. The summed E-state index contributed by atoms with van der Waals surface area (Å²) in [6, 6.07) is 5.81. The van der Waals surface area contributed by atoms with Crippen molar-refractivity contribution < 1.29 is 22.7 Å². The minimum absolute atomic E-state index is 0.121. The van der Waals surface area contributed by atoms with Crippen LogP contribution in [0.4, 0.5) is 13.2 Å². The van der Waals surface area contributed by atoms with E-state index in [2.05, 4.69) is 10.4 Å². The Kier molecular flexibility index (Phi) is 6.44. The number of alkyl halides is 3. The van der Waals surface area contributed by atoms with Crippen LogP contribution in [0.2, 0.25) is 5.02 Å². The van der Waals surface area contributed by atoms with E-state index in [4.69, 9.17) is 16.3 Å². The van der Waals surface area contributed by atoms with Crippen molar-refractivity contribution in [2.75, 3.05) is 19.8 Å². The predicted octanol–water partition coefficient (Wildman–Crippen LogP) is 3.70. The van der Waals surface area contributed by atoms with Crippen molar-refractivity contribution in [3.05, 3.63) is 46.7 Å². The fraction of sp³-hybridized carbons (Fsp3) is 0.375. The van der Waals surface area contributed by atoms with E-state index < -0.39 is 23.3 Å². The number of hydrogen-bond acceptors (Lipinski definition) is 3. The number of benzene rings is 1. The van der Waals surface area contributed by atoms with Gasteiger partial charge in [-0.15, -0.1) is 0 Å². The van der Waals surface area contributed by atoms with E-state index in [-0.39, 0.29) is 17.3 Å². The lowest BCUT2D eigenvalue weighted by Gasteiger charge is -2.13. The molecule has 0 unspecified atom stereocenters. The second kappa shape index (κ2) is 8.35. The molecule has 9 heteroatoms. The summed E-state index contributed by atoms with van der Waals surface area (Å²) in [5.74, 6) is -0.836. The molecule has 0 aliphatic rings. The fourth-order valence-corrected chi connectivity index (χ4v) is 2.39. The fourth-order valence-electron chi connectivity index (χ4n) is 2.21. The number of halogens is 4. The molecule has 1 N–H and O–H groups in total. The molecule has 0 spiro atoms. The van der Waals surface area contributed by atoms with Crippen LogP contribution in [-0.2, 0) is 10.9 Å². The van der Waals surface area contributed by atoms with Gasteiger partial charge in [-0.1, -0.05) is 17.7 Å². The van der Waals surface area contributed by atoms with Gasteiger partial charge in [-0.3, -0.25) is 4.79 Å². The van der Waals surface area contributed by atoms with E-state index in [1.807, 2.05) is 6.92 Å². The molecular weight excluding hydrogens is 359 g/mol. The van der Waals surface area contributed by atoms with Gasteiger partial charge in [0.15, 0.2) is 5.69 Å². The molecule has 0 bridgehead atoms. The third kappa shape index (κ3) is 4.96. The number of carbonyl (C=O) groups is 1. The zero-order chi connectivity index (χ0) is 18.4. The topological polar surface area (TPSA) is 56.1 Å². The van der Waals surface area contributed by atoms with Crippen LogP contribution in [0.15, 0.2) is 30.5 Å². The first kappa shape index (κ1) is 19.3. The zero-order valence-electron chi connectivity index (χ0n) is 13.4. The standard InChI is InChI=1S/C16H17ClF3N3O2/c1-2-25-8-4-7-21-15(24)13-10-22-23(14(13)16(18,19)20)12-6-3-5-11(17)9-12/h3,5-6,9-10H,2,4,7-8H2,1H3,(H,21,24). The van der Waals surface area contributed by atoms with Crippen molar-refractivity contribution >= 4 is 17.5 Å². The first-order chi connectivity index (χ1) is 11.8. The van der Waals surface area contributed by atoms with Crippen molar-refractivity contribution in [1.29, 1.82) is 0 Å². The van der Waals surface area contributed by atoms with E-state index in [0.29, 0.717) is 24.3 Å². The Balaban J connectivity index is 2.26. The van der Waals surface area contributed by atoms with Crippen molar-refractivity contribution in [3.63, 3.8) is 0 Å². The number of nitrogens with one attached hydrogen (secondary N) is 1. The Labute approximate surface area is 147 Å². The maximum Gasteiger partial charge on any atom is 0.434 e. The second-order valence-corrected chi connectivity index (χ2v) is 5.54. The molecule has 0 saturated heterocycles. The first-order valence-electron chi connectivity index (χ1n) is 7.61. The van der Waals surface area contributed by atoms with E-state index in [1.165, 1.54) is 24.3 Å². The van der Waals surface area contributed by atoms with Gasteiger partial charge in [-0.05, 0) is 31.5 Å². The van der Waals surface area contributed by atoms with Crippen molar-refractivity contribution in [3.8, 4) is 5.69 Å². The lowest BCUT2D eigenvalue weighted by molar-refractivity contribution is -0.143. The molecule has 0 aliphatic carbocycles. The summed E-state index contributed by atoms with van der Waals surface area (Å²) in [4.78, 5) is 12.1. The lowest BCUT2D eigenvalue weighted by atomic mass is 10.2. The minimum Gasteiger partial charge on any atom is -0.382 e. The van der Waals surface area contributed by atoms with E-state index in [9.17, 15) is 18.0 Å². The number of rotatable bonds is 7. The summed E-state index contributed by atoms with van der Waals surface area (Å²) in [6.07, 6.45) is -3.35. The molecule has 2 rings (SSSR count). The highest BCUT2D eigenvalue weighted by atomic mass is 35.5. The molecule has 1 heterocycles. The Morgan fingerprint density at radius 3 is 2.80 bits per heavy atom. The highest BCUT2D eigenvalue weighted by Crippen LogP contribution is 2.34. The molecular formula is C16H17ClF3N3O2. The maximum atomic E-state index is 13.5. The van der Waals surface area contributed by atoms with Gasteiger partial charge in [0.05, 0.1) is 17.4 Å². The lowest BCUT2D eigenvalue weighted by Crippen LogP contribution is -2.28. The molecule has 0 saturated carbocycles. The summed E-state index contributed by atoms with van der Waals surface area (Å²) in [5, 5.41) is 6.44. The van der Waals surface area contributed by atoms with Crippen LogP contribution in [0.3, 0.4) is 0 Å². The molecule has 1 aromatic heterocycles. The monoisotopic (exact) mass is 375 g/mol. The Morgan fingerprint density at radius 2 is 2.16 bits per heavy atom. The SMILES string of the molecule is CCOCCCNC(=O)c1cnn(-c2cccc(Cl)c2)c1C(F)(F)F. The molecule has 1 aromatic carbocycles. The second-order valence-electron chi connectivity index (χ2n) is 5.10. The molecule has 0 fully saturated rings. The number of nitrogens with zero attached hydrogens (tertiary/aromatic N) is 2. The molecule has 2 aromatic rings. The summed E-state index contributed by atoms with van der Waals surface area (Å²) < 4.78 is 46.2. The summed E-state index contributed by atoms with van der Waals surface area (Å²) in [6.45, 7) is 3.00. The summed E-state index contributed by atoms with van der Waals surface area (Å²) >= 11 is 5.83. The van der Waals surface area contributed by atoms with E-state index in [0.717, 1.165) is 6.20 Å². The first-order valence-corrected chi connectivity index (χ1v) is 7.99. The molecule has 0 radical (unpaired) electrons. The predicted molar refractivity (Wildman–Crippen MR) is 87.0 cm³/mol. The van der Waals surface area contributed by atoms with Crippen molar-refractivity contribution in [1.82, 2.24) is 15.1 Å². The van der Waals surface area contributed by atoms with Gasteiger partial charge in [0.1, 0.15) is 0 Å². The van der Waals surface area contributed by atoms with E-state index in [1.54, 1.807) is 0 Å². The average Bonchev–Trinajstić information content (AvgIpc) is 3.00. The van der Waals surface area contributed by atoms with Crippen molar-refractivity contribution in [2.24, 2.45) is 0 Å². The van der Waals surface area contributed by atoms with Gasteiger partial charge in [0.25, 0.3) is 5.91 Å². The Hall–Kier alpha value is -2.06. The third-order valence-corrected chi connectivity index (χ3v) is 3.53. The normalized spacial score (nSPS) is 11.6. The molecule has 1 amide bonds. The van der Waals surface area contributed by atoms with Gasteiger partial charge < -0.3 is 10.1 Å². The van der Waals surface area contributed by atoms with Crippen LogP contribution in [-0.4, -0.2) is 35.4 Å². The van der Waals surface area contributed by atoms with E-state index >= 15 is 0 Å². The molecule has 0 aliphatic heterocycles. The van der Waals surface area contributed by atoms with Gasteiger partial charge in [-0.2, -0.15) is 18.3 Å². The highest BCUT2D eigenvalue weighted by Gasteiger charge is 2.40. The van der Waals surface area contributed by atoms with Gasteiger partial charge in [0.2, 0.25) is 0 Å².